The van der Waals surface area contributed by atoms with Gasteiger partial charge in [0.2, 0.25) is 17.7 Å². The number of nitro benzene ring substituents is 1. The molecule has 11 heteroatoms. The van der Waals surface area contributed by atoms with Gasteiger partial charge in [-0.3, -0.25) is 14.9 Å². The smallest absolute Gasteiger partial charge is 0.294 e. The Bertz CT molecular complexity index is 1050. The van der Waals surface area contributed by atoms with Crippen LogP contribution in [0.15, 0.2) is 39.4 Å². The van der Waals surface area contributed by atoms with E-state index in [1.165, 1.54) is 6.07 Å². The van der Waals surface area contributed by atoms with Crippen LogP contribution in [0.1, 0.15) is 12.3 Å². The predicted molar refractivity (Wildman–Crippen MR) is 113 cm³/mol. The van der Waals surface area contributed by atoms with Gasteiger partial charge >= 0.3 is 0 Å². The number of benzene rings is 1. The molecule has 1 aliphatic heterocycles. The van der Waals surface area contributed by atoms with E-state index in [-0.39, 0.29) is 18.0 Å². The van der Waals surface area contributed by atoms with Gasteiger partial charge in [0.15, 0.2) is 0 Å². The van der Waals surface area contributed by atoms with Crippen molar-refractivity contribution in [3.8, 4) is 11.5 Å². The Balaban J connectivity index is 1.31. The molecule has 4 rings (SSSR count). The van der Waals surface area contributed by atoms with Gasteiger partial charge < -0.3 is 14.2 Å². The molecule has 3 aromatic rings. The number of hydrogen-bond acceptors (Lipinski definition) is 8. The minimum atomic E-state index is -0.437. The molecular formula is C19H18ClN5O4S. The second-order valence-electron chi connectivity index (χ2n) is 6.77. The largest absolute Gasteiger partial charge is 0.421 e. The number of carbonyl (C=O) groups is 1. The molecule has 0 radical (unpaired) electrons. The summed E-state index contributed by atoms with van der Waals surface area (Å²) in [6.45, 7) is 2.00. The van der Waals surface area contributed by atoms with Crippen molar-refractivity contribution in [3.05, 3.63) is 56.1 Å². The maximum atomic E-state index is 12.6. The SMILES string of the molecule is O=C(CCc1nnc(-c2ccsc2)o1)N1CCN(c2ccc(Cl)cc2[N+](=O)[O-])CC1. The maximum Gasteiger partial charge on any atom is 0.294 e. The molecule has 2 aromatic heterocycles. The van der Waals surface area contributed by atoms with E-state index in [1.807, 2.05) is 21.7 Å². The molecule has 3 heterocycles. The second kappa shape index (κ2) is 8.80. The topological polar surface area (TPSA) is 106 Å². The summed E-state index contributed by atoms with van der Waals surface area (Å²) in [5.41, 5.74) is 1.36. The van der Waals surface area contributed by atoms with E-state index < -0.39 is 4.92 Å². The van der Waals surface area contributed by atoms with Crippen LogP contribution in [0, 0.1) is 10.1 Å². The van der Waals surface area contributed by atoms with Gasteiger partial charge in [0.05, 0.1) is 4.92 Å². The number of nitrogens with zero attached hydrogens (tertiary/aromatic N) is 5. The molecule has 0 saturated carbocycles. The van der Waals surface area contributed by atoms with Gasteiger partial charge in [-0.2, -0.15) is 11.3 Å². The second-order valence-corrected chi connectivity index (χ2v) is 7.99. The van der Waals surface area contributed by atoms with Crippen molar-refractivity contribution < 1.29 is 14.1 Å². The fourth-order valence-electron chi connectivity index (χ4n) is 3.34. The molecule has 1 aliphatic rings. The monoisotopic (exact) mass is 447 g/mol. The Hall–Kier alpha value is -2.98. The molecule has 30 heavy (non-hydrogen) atoms. The normalized spacial score (nSPS) is 14.2. The zero-order valence-corrected chi connectivity index (χ0v) is 17.4. The van der Waals surface area contributed by atoms with Gasteiger partial charge in [0, 0.05) is 61.1 Å². The highest BCUT2D eigenvalue weighted by Crippen LogP contribution is 2.31. The van der Waals surface area contributed by atoms with Crippen LogP contribution in [0.25, 0.3) is 11.5 Å². The average Bonchev–Trinajstić information content (AvgIpc) is 3.44. The van der Waals surface area contributed by atoms with Crippen LogP contribution in [0.2, 0.25) is 5.02 Å². The highest BCUT2D eigenvalue weighted by atomic mass is 35.5. The molecule has 1 saturated heterocycles. The number of nitro groups is 1. The van der Waals surface area contributed by atoms with Crippen LogP contribution in [-0.4, -0.2) is 52.1 Å². The van der Waals surface area contributed by atoms with Crippen molar-refractivity contribution in [2.45, 2.75) is 12.8 Å². The first kappa shape index (κ1) is 20.3. The third-order valence-electron chi connectivity index (χ3n) is 4.89. The molecule has 0 aliphatic carbocycles. The van der Waals surface area contributed by atoms with E-state index in [0.29, 0.717) is 55.1 Å². The minimum Gasteiger partial charge on any atom is -0.421 e. The Morgan fingerprint density at radius 3 is 2.73 bits per heavy atom. The molecule has 0 unspecified atom stereocenters. The molecule has 1 aromatic carbocycles. The first-order valence-corrected chi connectivity index (χ1v) is 10.6. The van der Waals surface area contributed by atoms with E-state index in [0.717, 1.165) is 5.56 Å². The van der Waals surface area contributed by atoms with Crippen LogP contribution in [0.3, 0.4) is 0 Å². The Morgan fingerprint density at radius 1 is 1.23 bits per heavy atom. The van der Waals surface area contributed by atoms with Crippen molar-refractivity contribution >= 4 is 40.2 Å². The number of thiophene rings is 1. The van der Waals surface area contributed by atoms with Crippen molar-refractivity contribution in [2.75, 3.05) is 31.1 Å². The van der Waals surface area contributed by atoms with Crippen molar-refractivity contribution in [2.24, 2.45) is 0 Å². The van der Waals surface area contributed by atoms with Gasteiger partial charge in [-0.05, 0) is 23.6 Å². The van der Waals surface area contributed by atoms with Crippen LogP contribution >= 0.6 is 22.9 Å². The number of halogens is 1. The lowest BCUT2D eigenvalue weighted by molar-refractivity contribution is -0.384. The van der Waals surface area contributed by atoms with Gasteiger partial charge in [0.25, 0.3) is 5.69 Å². The van der Waals surface area contributed by atoms with Gasteiger partial charge in [-0.15, -0.1) is 10.2 Å². The zero-order valence-electron chi connectivity index (χ0n) is 15.9. The first-order chi connectivity index (χ1) is 14.5. The molecule has 156 valence electrons. The molecule has 0 spiro atoms. The summed E-state index contributed by atoms with van der Waals surface area (Å²) in [6, 6.07) is 6.54. The summed E-state index contributed by atoms with van der Waals surface area (Å²) in [5.74, 6) is 0.882. The molecule has 0 atom stereocenters. The zero-order chi connectivity index (χ0) is 21.1. The van der Waals surface area contributed by atoms with E-state index in [4.69, 9.17) is 16.0 Å². The predicted octanol–water partition coefficient (Wildman–Crippen LogP) is 3.64. The highest BCUT2D eigenvalue weighted by molar-refractivity contribution is 7.08. The summed E-state index contributed by atoms with van der Waals surface area (Å²) >= 11 is 7.43. The average molecular weight is 448 g/mol. The van der Waals surface area contributed by atoms with Gasteiger partial charge in [-0.25, -0.2) is 0 Å². The lowest BCUT2D eigenvalue weighted by Crippen LogP contribution is -2.49. The van der Waals surface area contributed by atoms with Crippen LogP contribution in [0.4, 0.5) is 11.4 Å². The summed E-state index contributed by atoms with van der Waals surface area (Å²) < 4.78 is 5.62. The van der Waals surface area contributed by atoms with Gasteiger partial charge in [0.1, 0.15) is 5.69 Å². The number of anilines is 1. The Kier molecular flexibility index (Phi) is 5.96. The van der Waals surface area contributed by atoms with E-state index >= 15 is 0 Å². The van der Waals surface area contributed by atoms with Crippen molar-refractivity contribution in [1.29, 1.82) is 0 Å². The van der Waals surface area contributed by atoms with Crippen LogP contribution in [-0.2, 0) is 11.2 Å². The highest BCUT2D eigenvalue weighted by Gasteiger charge is 2.26. The summed E-state index contributed by atoms with van der Waals surface area (Å²) in [6.07, 6.45) is 0.644. The number of amides is 1. The fraction of sp³-hybridized carbons (Fsp3) is 0.316. The Labute approximate surface area is 181 Å². The number of aromatic nitrogens is 2. The van der Waals surface area contributed by atoms with Crippen molar-refractivity contribution in [3.63, 3.8) is 0 Å². The standard InChI is InChI=1S/C19H18ClN5O4S/c20-14-1-2-15(16(11-14)25(27)28)23-6-8-24(9-7-23)18(26)4-3-17-21-22-19(29-17)13-5-10-30-12-13/h1-2,5,10-12H,3-4,6-9H2. The molecule has 0 N–H and O–H groups in total. The van der Waals surface area contributed by atoms with E-state index in [9.17, 15) is 14.9 Å². The quantitative estimate of drug-likeness (QED) is 0.419. The Morgan fingerprint density at radius 2 is 2.03 bits per heavy atom. The minimum absolute atomic E-state index is 0.00413. The lowest BCUT2D eigenvalue weighted by atomic mass is 10.2. The molecular weight excluding hydrogens is 430 g/mol. The number of rotatable bonds is 6. The molecule has 9 nitrogen and oxygen atoms in total. The van der Waals surface area contributed by atoms with Crippen molar-refractivity contribution in [1.82, 2.24) is 15.1 Å². The maximum absolute atomic E-state index is 12.6. The van der Waals surface area contributed by atoms with Crippen LogP contribution in [0.5, 0.6) is 0 Å². The number of hydrogen-bond donors (Lipinski definition) is 0. The summed E-state index contributed by atoms with van der Waals surface area (Å²) in [5, 5.41) is 23.5. The van der Waals surface area contributed by atoms with Crippen LogP contribution < -0.4 is 4.90 Å². The number of aryl methyl sites for hydroxylation is 1. The molecule has 1 amide bonds. The molecule has 1 fully saturated rings. The fourth-order valence-corrected chi connectivity index (χ4v) is 4.13. The van der Waals surface area contributed by atoms with Gasteiger partial charge in [-0.1, -0.05) is 11.6 Å². The third kappa shape index (κ3) is 4.44. The first-order valence-electron chi connectivity index (χ1n) is 9.33. The number of piperazine rings is 1. The van der Waals surface area contributed by atoms with E-state index in [1.54, 1.807) is 28.4 Å². The summed E-state index contributed by atoms with van der Waals surface area (Å²) in [4.78, 5) is 27.1. The lowest BCUT2D eigenvalue weighted by Gasteiger charge is -2.35. The summed E-state index contributed by atoms with van der Waals surface area (Å²) in [7, 11) is 0. The van der Waals surface area contributed by atoms with E-state index in [2.05, 4.69) is 10.2 Å². The molecule has 0 bridgehead atoms. The number of carbonyl (C=O) groups excluding carboxylic acids is 1. The third-order valence-corrected chi connectivity index (χ3v) is 5.81.